The molecule has 3 heterocycles. The summed E-state index contributed by atoms with van der Waals surface area (Å²) in [6.45, 7) is 5.03. The van der Waals surface area contributed by atoms with Crippen LogP contribution in [0, 0.1) is 24.7 Å². The molecule has 4 rings (SSSR count). The fraction of sp³-hybridized carbons (Fsp3) is 0.684. The van der Waals surface area contributed by atoms with Crippen LogP contribution in [0.3, 0.4) is 0 Å². The zero-order chi connectivity index (χ0) is 21.9. The van der Waals surface area contributed by atoms with E-state index in [0.29, 0.717) is 18.4 Å². The molecule has 0 bridgehead atoms. The summed E-state index contributed by atoms with van der Waals surface area (Å²) in [5.41, 5.74) is 0.902. The maximum atomic E-state index is 12.7. The van der Waals surface area contributed by atoms with Crippen molar-refractivity contribution in [3.63, 3.8) is 0 Å². The number of aryl methyl sites for hydroxylation is 1. The Kier molecular flexibility index (Phi) is 6.79. The minimum absolute atomic E-state index is 0.0156. The largest absolute Gasteiger partial charge is 0.490 e. The molecule has 1 aromatic rings. The van der Waals surface area contributed by atoms with Gasteiger partial charge in [-0.3, -0.25) is 4.79 Å². The average molecular weight is 430 g/mol. The number of alkyl halides is 3. The summed E-state index contributed by atoms with van der Waals surface area (Å²) in [4.78, 5) is 23.7. The standard InChI is InChI=1S/C17H24N4O2.C2HF3O2/c1-11-2-5-16(20-19-11)21-9-14(13-6-7-23-15(13)10-21)17(22)18-8-12-3-4-12;3-2(4,5)1(6)7/h2,5,12-15H,3-4,6-10H2,1H3,(H,18,22);(H,6,7)/t13-,14-,15+;/m0./s1. The van der Waals surface area contributed by atoms with Gasteiger partial charge in [0.2, 0.25) is 5.91 Å². The molecular formula is C19H25F3N4O4. The van der Waals surface area contributed by atoms with E-state index in [-0.39, 0.29) is 17.9 Å². The zero-order valence-corrected chi connectivity index (χ0v) is 16.6. The van der Waals surface area contributed by atoms with E-state index >= 15 is 0 Å². The normalized spacial score (nSPS) is 25.7. The number of aromatic nitrogens is 2. The molecule has 2 aliphatic heterocycles. The summed E-state index contributed by atoms with van der Waals surface area (Å²) < 4.78 is 37.6. The summed E-state index contributed by atoms with van der Waals surface area (Å²) in [5, 5.41) is 18.7. The highest BCUT2D eigenvalue weighted by molar-refractivity contribution is 5.80. The average Bonchev–Trinajstić information content (AvgIpc) is 3.40. The predicted molar refractivity (Wildman–Crippen MR) is 99.7 cm³/mol. The molecule has 1 aliphatic carbocycles. The van der Waals surface area contributed by atoms with Crippen molar-refractivity contribution in [2.75, 3.05) is 31.1 Å². The number of carboxylic acids is 1. The van der Waals surface area contributed by atoms with Gasteiger partial charge in [0.15, 0.2) is 5.82 Å². The number of amides is 1. The van der Waals surface area contributed by atoms with Crippen LogP contribution in [0.1, 0.15) is 25.0 Å². The molecule has 3 atom stereocenters. The van der Waals surface area contributed by atoms with Crippen LogP contribution < -0.4 is 10.2 Å². The molecule has 2 N–H and O–H groups in total. The molecular weight excluding hydrogens is 405 g/mol. The van der Waals surface area contributed by atoms with Crippen molar-refractivity contribution in [3.8, 4) is 0 Å². The lowest BCUT2D eigenvalue weighted by atomic mass is 9.82. The van der Waals surface area contributed by atoms with Crippen molar-refractivity contribution >= 4 is 17.7 Å². The number of carbonyl (C=O) groups is 2. The third-order valence-corrected chi connectivity index (χ3v) is 5.54. The van der Waals surface area contributed by atoms with Gasteiger partial charge in [-0.2, -0.15) is 18.3 Å². The first-order chi connectivity index (χ1) is 14.1. The number of hydrogen-bond donors (Lipinski definition) is 2. The Hall–Kier alpha value is -2.43. The van der Waals surface area contributed by atoms with Crippen LogP contribution >= 0.6 is 0 Å². The molecule has 2 saturated heterocycles. The van der Waals surface area contributed by atoms with E-state index in [4.69, 9.17) is 14.6 Å². The number of carboxylic acid groups (broad SMARTS) is 1. The minimum Gasteiger partial charge on any atom is -0.475 e. The first kappa shape index (κ1) is 22.3. The SMILES string of the molecule is Cc1ccc(N2C[C@H](C(=O)NCC3CC3)[C@@H]3CCO[C@@H]3C2)nn1.O=C(O)C(F)(F)F. The van der Waals surface area contributed by atoms with Crippen molar-refractivity contribution in [3.05, 3.63) is 17.8 Å². The van der Waals surface area contributed by atoms with Gasteiger partial charge in [-0.15, -0.1) is 5.10 Å². The zero-order valence-electron chi connectivity index (χ0n) is 16.6. The van der Waals surface area contributed by atoms with Gasteiger partial charge in [-0.25, -0.2) is 4.79 Å². The molecule has 3 aliphatic rings. The van der Waals surface area contributed by atoms with Crippen molar-refractivity contribution in [2.24, 2.45) is 17.8 Å². The number of nitrogens with one attached hydrogen (secondary N) is 1. The molecule has 0 aromatic carbocycles. The van der Waals surface area contributed by atoms with Crippen molar-refractivity contribution in [1.29, 1.82) is 0 Å². The number of piperidine rings is 1. The Morgan fingerprint density at radius 2 is 1.93 bits per heavy atom. The fourth-order valence-corrected chi connectivity index (χ4v) is 3.70. The lowest BCUT2D eigenvalue weighted by molar-refractivity contribution is -0.192. The molecule has 0 unspecified atom stereocenters. The molecule has 1 saturated carbocycles. The number of nitrogens with zero attached hydrogens (tertiary/aromatic N) is 3. The van der Waals surface area contributed by atoms with Gasteiger partial charge in [-0.05, 0) is 44.2 Å². The lowest BCUT2D eigenvalue weighted by Gasteiger charge is -2.39. The molecule has 3 fully saturated rings. The number of halogens is 3. The van der Waals surface area contributed by atoms with Gasteiger partial charge >= 0.3 is 12.1 Å². The summed E-state index contributed by atoms with van der Waals surface area (Å²) in [5.74, 6) is -0.710. The van der Waals surface area contributed by atoms with Crippen molar-refractivity contribution < 1.29 is 32.6 Å². The topological polar surface area (TPSA) is 105 Å². The van der Waals surface area contributed by atoms with Crippen LogP contribution in [0.15, 0.2) is 12.1 Å². The van der Waals surface area contributed by atoms with Crippen molar-refractivity contribution in [2.45, 2.75) is 38.5 Å². The quantitative estimate of drug-likeness (QED) is 0.750. The lowest BCUT2D eigenvalue weighted by Crippen LogP contribution is -2.53. The Morgan fingerprint density at radius 1 is 1.23 bits per heavy atom. The maximum Gasteiger partial charge on any atom is 0.490 e. The summed E-state index contributed by atoms with van der Waals surface area (Å²) in [6, 6.07) is 3.95. The van der Waals surface area contributed by atoms with Crippen LogP contribution in [0.2, 0.25) is 0 Å². The number of rotatable bonds is 4. The predicted octanol–water partition coefficient (Wildman–Crippen LogP) is 1.79. The van der Waals surface area contributed by atoms with E-state index in [2.05, 4.69) is 20.4 Å². The Morgan fingerprint density at radius 3 is 2.50 bits per heavy atom. The Bertz CT molecular complexity index is 755. The van der Waals surface area contributed by atoms with Crippen LogP contribution in [0.25, 0.3) is 0 Å². The minimum atomic E-state index is -5.08. The maximum absolute atomic E-state index is 12.7. The second kappa shape index (κ2) is 9.15. The number of anilines is 1. The molecule has 30 heavy (non-hydrogen) atoms. The van der Waals surface area contributed by atoms with E-state index in [1.54, 1.807) is 0 Å². The Labute approximate surface area is 171 Å². The van der Waals surface area contributed by atoms with Crippen molar-refractivity contribution in [1.82, 2.24) is 15.5 Å². The molecule has 1 amide bonds. The molecule has 0 radical (unpaired) electrons. The second-order valence-corrected chi connectivity index (χ2v) is 7.90. The van der Waals surface area contributed by atoms with E-state index in [1.807, 2.05) is 19.1 Å². The smallest absolute Gasteiger partial charge is 0.475 e. The fourth-order valence-electron chi connectivity index (χ4n) is 3.70. The van der Waals surface area contributed by atoms with E-state index in [0.717, 1.165) is 37.6 Å². The first-order valence-electron chi connectivity index (χ1n) is 9.90. The highest BCUT2D eigenvalue weighted by atomic mass is 19.4. The first-order valence-corrected chi connectivity index (χ1v) is 9.90. The molecule has 8 nitrogen and oxygen atoms in total. The Balaban J connectivity index is 0.000000318. The number of ether oxygens (including phenoxy) is 1. The highest BCUT2D eigenvalue weighted by Crippen LogP contribution is 2.35. The van der Waals surface area contributed by atoms with Gasteiger partial charge in [0.1, 0.15) is 0 Å². The monoisotopic (exact) mass is 430 g/mol. The van der Waals surface area contributed by atoms with Gasteiger partial charge in [-0.1, -0.05) is 0 Å². The number of fused-ring (bicyclic) bond motifs is 1. The van der Waals surface area contributed by atoms with Crippen LogP contribution in [-0.2, 0) is 14.3 Å². The molecule has 0 spiro atoms. The summed E-state index contributed by atoms with van der Waals surface area (Å²) in [6.07, 6.45) is -1.46. The van der Waals surface area contributed by atoms with Gasteiger partial charge in [0.25, 0.3) is 0 Å². The number of hydrogen-bond acceptors (Lipinski definition) is 6. The third kappa shape index (κ3) is 5.80. The van der Waals surface area contributed by atoms with Crippen LogP contribution in [-0.4, -0.2) is 65.7 Å². The second-order valence-electron chi connectivity index (χ2n) is 7.90. The molecule has 166 valence electrons. The van der Waals surface area contributed by atoms with Gasteiger partial charge in [0.05, 0.1) is 17.7 Å². The summed E-state index contributed by atoms with van der Waals surface area (Å²) >= 11 is 0. The van der Waals surface area contributed by atoms with E-state index in [9.17, 15) is 18.0 Å². The third-order valence-electron chi connectivity index (χ3n) is 5.54. The van der Waals surface area contributed by atoms with Gasteiger partial charge in [0, 0.05) is 32.2 Å². The van der Waals surface area contributed by atoms with Crippen LogP contribution in [0.4, 0.5) is 19.0 Å². The molecule has 1 aromatic heterocycles. The van der Waals surface area contributed by atoms with E-state index < -0.39 is 12.1 Å². The molecule has 11 heteroatoms. The summed E-state index contributed by atoms with van der Waals surface area (Å²) in [7, 11) is 0. The number of aliphatic carboxylic acids is 1. The number of carbonyl (C=O) groups excluding carboxylic acids is 1. The highest BCUT2D eigenvalue weighted by Gasteiger charge is 2.44. The van der Waals surface area contributed by atoms with Gasteiger partial charge < -0.3 is 20.1 Å². The van der Waals surface area contributed by atoms with Crippen LogP contribution in [0.5, 0.6) is 0 Å². The van der Waals surface area contributed by atoms with E-state index in [1.165, 1.54) is 12.8 Å².